The number of rotatable bonds is 2. The van der Waals surface area contributed by atoms with E-state index < -0.39 is 0 Å². The summed E-state index contributed by atoms with van der Waals surface area (Å²) in [4.78, 5) is 27.4. The van der Waals surface area contributed by atoms with Gasteiger partial charge in [0.05, 0.1) is 5.69 Å². The number of piperidine rings is 1. The third-order valence-corrected chi connectivity index (χ3v) is 5.21. The summed E-state index contributed by atoms with van der Waals surface area (Å²) in [6.07, 6.45) is 4.00. The molecule has 2 atom stereocenters. The molecule has 3 aromatic heterocycles. The summed E-state index contributed by atoms with van der Waals surface area (Å²) < 4.78 is 1.78. The number of carbonyl (C=O) groups is 1. The Kier molecular flexibility index (Phi) is 4.32. The zero-order valence-corrected chi connectivity index (χ0v) is 15.4. The molecule has 4 heterocycles. The maximum Gasteiger partial charge on any atom is 0.254 e. The summed E-state index contributed by atoms with van der Waals surface area (Å²) in [5.41, 5.74) is 2.51. The summed E-state index contributed by atoms with van der Waals surface area (Å²) in [5, 5.41) is 4.65. The average Bonchev–Trinajstić information content (AvgIpc) is 3.09. The minimum absolute atomic E-state index is 0.0215. The van der Waals surface area contributed by atoms with Crippen molar-refractivity contribution < 1.29 is 4.79 Å². The van der Waals surface area contributed by atoms with Gasteiger partial charge in [-0.1, -0.05) is 18.5 Å². The molecule has 4 rings (SSSR count). The van der Waals surface area contributed by atoms with Crippen molar-refractivity contribution in [1.82, 2.24) is 29.5 Å². The van der Waals surface area contributed by atoms with E-state index in [1.165, 1.54) is 6.33 Å². The normalized spacial score (nSPS) is 20.5. The van der Waals surface area contributed by atoms with Crippen LogP contribution < -0.4 is 0 Å². The van der Waals surface area contributed by atoms with E-state index in [0.717, 1.165) is 24.4 Å². The lowest BCUT2D eigenvalue weighted by Gasteiger charge is -2.37. The Morgan fingerprint density at radius 3 is 2.96 bits per heavy atom. The average molecular weight is 371 g/mol. The summed E-state index contributed by atoms with van der Waals surface area (Å²) >= 11 is 5.94. The molecule has 1 saturated heterocycles. The molecule has 0 aromatic carbocycles. The van der Waals surface area contributed by atoms with Gasteiger partial charge in [0.15, 0.2) is 0 Å². The van der Waals surface area contributed by atoms with Crippen LogP contribution in [0.1, 0.15) is 41.0 Å². The number of hydrogen-bond acceptors (Lipinski definition) is 5. The van der Waals surface area contributed by atoms with Gasteiger partial charge in [0.1, 0.15) is 11.5 Å². The Hall–Kier alpha value is -2.54. The van der Waals surface area contributed by atoms with Gasteiger partial charge in [0, 0.05) is 36.5 Å². The second-order valence-corrected chi connectivity index (χ2v) is 7.17. The Labute approximate surface area is 156 Å². The van der Waals surface area contributed by atoms with Crippen LogP contribution in [0.25, 0.3) is 5.78 Å². The van der Waals surface area contributed by atoms with Gasteiger partial charge < -0.3 is 4.90 Å². The third-order valence-electron chi connectivity index (χ3n) is 5.01. The number of hydrogen-bond donors (Lipinski definition) is 0. The van der Waals surface area contributed by atoms with Gasteiger partial charge in [-0.2, -0.15) is 10.1 Å². The van der Waals surface area contributed by atoms with Gasteiger partial charge in [-0.3, -0.25) is 4.79 Å². The van der Waals surface area contributed by atoms with Crippen LogP contribution in [-0.2, 0) is 0 Å². The van der Waals surface area contributed by atoms with E-state index >= 15 is 0 Å². The SMILES string of the molecule is Cc1cc([C@@H]2CN(C(=O)c3ccnc(Cl)c3)CC[C@H]2C)n2ncnc2n1. The van der Waals surface area contributed by atoms with Crippen molar-refractivity contribution in [2.75, 3.05) is 13.1 Å². The molecule has 1 aliphatic rings. The Morgan fingerprint density at radius 1 is 1.31 bits per heavy atom. The van der Waals surface area contributed by atoms with E-state index in [1.807, 2.05) is 17.9 Å². The molecule has 1 fully saturated rings. The third kappa shape index (κ3) is 3.03. The smallest absolute Gasteiger partial charge is 0.254 e. The molecule has 0 bridgehead atoms. The maximum absolute atomic E-state index is 12.9. The Balaban J connectivity index is 1.66. The fourth-order valence-corrected chi connectivity index (χ4v) is 3.75. The van der Waals surface area contributed by atoms with E-state index in [0.29, 0.717) is 29.0 Å². The highest BCUT2D eigenvalue weighted by molar-refractivity contribution is 6.29. The lowest BCUT2D eigenvalue weighted by molar-refractivity contribution is 0.0666. The van der Waals surface area contributed by atoms with Crippen LogP contribution in [0.4, 0.5) is 0 Å². The summed E-state index contributed by atoms with van der Waals surface area (Å²) in [6, 6.07) is 5.36. The highest BCUT2D eigenvalue weighted by Gasteiger charge is 2.32. The number of aromatic nitrogens is 5. The quantitative estimate of drug-likeness (QED) is 0.648. The minimum atomic E-state index is -0.0215. The van der Waals surface area contributed by atoms with Crippen molar-refractivity contribution in [2.45, 2.75) is 26.2 Å². The first-order valence-corrected chi connectivity index (χ1v) is 8.99. The monoisotopic (exact) mass is 370 g/mol. The minimum Gasteiger partial charge on any atom is -0.338 e. The number of amides is 1. The van der Waals surface area contributed by atoms with Crippen LogP contribution in [0.2, 0.25) is 5.15 Å². The first-order valence-electron chi connectivity index (χ1n) is 8.61. The molecule has 0 N–H and O–H groups in total. The molecular weight excluding hydrogens is 352 g/mol. The second kappa shape index (κ2) is 6.64. The van der Waals surface area contributed by atoms with Crippen LogP contribution in [0.5, 0.6) is 0 Å². The number of aryl methyl sites for hydroxylation is 1. The van der Waals surface area contributed by atoms with E-state index in [-0.39, 0.29) is 11.8 Å². The lowest BCUT2D eigenvalue weighted by atomic mass is 9.84. The van der Waals surface area contributed by atoms with Gasteiger partial charge in [-0.15, -0.1) is 0 Å². The summed E-state index contributed by atoms with van der Waals surface area (Å²) in [7, 11) is 0. The summed E-state index contributed by atoms with van der Waals surface area (Å²) in [5.74, 6) is 1.16. The maximum atomic E-state index is 12.9. The topological polar surface area (TPSA) is 76.3 Å². The van der Waals surface area contributed by atoms with Crippen molar-refractivity contribution in [1.29, 1.82) is 0 Å². The molecule has 134 valence electrons. The molecule has 1 amide bonds. The van der Waals surface area contributed by atoms with E-state index in [2.05, 4.69) is 27.0 Å². The fraction of sp³-hybridized carbons (Fsp3) is 0.389. The zero-order chi connectivity index (χ0) is 18.3. The van der Waals surface area contributed by atoms with E-state index in [9.17, 15) is 4.79 Å². The predicted molar refractivity (Wildman–Crippen MR) is 97.2 cm³/mol. The van der Waals surface area contributed by atoms with Crippen molar-refractivity contribution >= 4 is 23.3 Å². The first kappa shape index (κ1) is 16.9. The first-order chi connectivity index (χ1) is 12.5. The molecule has 0 radical (unpaired) electrons. The van der Waals surface area contributed by atoms with Crippen LogP contribution >= 0.6 is 11.6 Å². The zero-order valence-electron chi connectivity index (χ0n) is 14.6. The Bertz CT molecular complexity index is 971. The molecule has 1 aliphatic heterocycles. The van der Waals surface area contributed by atoms with Gasteiger partial charge >= 0.3 is 0 Å². The summed E-state index contributed by atoms with van der Waals surface area (Å²) in [6.45, 7) is 5.52. The van der Waals surface area contributed by atoms with Crippen LogP contribution in [0.15, 0.2) is 30.7 Å². The van der Waals surface area contributed by atoms with Crippen molar-refractivity contribution in [3.8, 4) is 0 Å². The number of pyridine rings is 1. The molecule has 3 aromatic rings. The lowest BCUT2D eigenvalue weighted by Crippen LogP contribution is -2.42. The van der Waals surface area contributed by atoms with Crippen LogP contribution in [-0.4, -0.2) is 48.5 Å². The second-order valence-electron chi connectivity index (χ2n) is 6.79. The molecule has 0 unspecified atom stereocenters. The van der Waals surface area contributed by atoms with Crippen LogP contribution in [0, 0.1) is 12.8 Å². The Morgan fingerprint density at radius 2 is 2.15 bits per heavy atom. The van der Waals surface area contributed by atoms with Gasteiger partial charge in [-0.25, -0.2) is 14.5 Å². The van der Waals surface area contributed by atoms with Crippen molar-refractivity contribution in [2.24, 2.45) is 5.92 Å². The highest BCUT2D eigenvalue weighted by atomic mass is 35.5. The molecular formula is C18H19ClN6O. The molecule has 7 nitrogen and oxygen atoms in total. The number of likely N-dealkylation sites (tertiary alicyclic amines) is 1. The molecule has 8 heteroatoms. The van der Waals surface area contributed by atoms with E-state index in [1.54, 1.807) is 22.8 Å². The van der Waals surface area contributed by atoms with Gasteiger partial charge in [0.25, 0.3) is 11.7 Å². The standard InChI is InChI=1S/C18H19ClN6O/c1-11-4-6-24(17(26)13-3-5-20-16(19)8-13)9-14(11)15-7-12(2)23-18-21-10-22-25(15)18/h3,5,7-8,10-11,14H,4,6,9H2,1-2H3/t11-,14-/m1/s1. The number of fused-ring (bicyclic) bond motifs is 1. The number of nitrogens with zero attached hydrogens (tertiary/aromatic N) is 6. The molecule has 26 heavy (non-hydrogen) atoms. The van der Waals surface area contributed by atoms with Gasteiger partial charge in [0.2, 0.25) is 0 Å². The highest BCUT2D eigenvalue weighted by Crippen LogP contribution is 2.33. The molecule has 0 spiro atoms. The van der Waals surface area contributed by atoms with E-state index in [4.69, 9.17) is 11.6 Å². The number of carbonyl (C=O) groups excluding carboxylic acids is 1. The molecule has 0 aliphatic carbocycles. The largest absolute Gasteiger partial charge is 0.338 e. The number of halogens is 1. The molecule has 0 saturated carbocycles. The van der Waals surface area contributed by atoms with Crippen LogP contribution in [0.3, 0.4) is 0 Å². The fourth-order valence-electron chi connectivity index (χ4n) is 3.58. The predicted octanol–water partition coefficient (Wildman–Crippen LogP) is 2.75. The van der Waals surface area contributed by atoms with Crippen molar-refractivity contribution in [3.05, 3.63) is 52.8 Å². The van der Waals surface area contributed by atoms with Gasteiger partial charge in [-0.05, 0) is 37.5 Å². The van der Waals surface area contributed by atoms with Crippen molar-refractivity contribution in [3.63, 3.8) is 0 Å².